The number of hydrogen-bond acceptors (Lipinski definition) is 5. The van der Waals surface area contributed by atoms with E-state index in [0.29, 0.717) is 0 Å². The fourth-order valence-corrected chi connectivity index (χ4v) is 3.13. The highest BCUT2D eigenvalue weighted by molar-refractivity contribution is 7.55. The molecule has 0 fully saturated rings. The Balaban J connectivity index is 5.14. The fraction of sp³-hybridized carbons (Fsp3) is 0.917. The number of ether oxygens (including phenoxy) is 1. The standard InChI is InChI=1S/C12H25O5P/c1-7-10(11(13)17-12(4,5)6)18(14,15-8-2)16-9-3/h10H,7-9H2,1-6H3/i1D. The molecule has 0 heterocycles. The number of esters is 1. The van der Waals surface area contributed by atoms with Crippen LogP contribution in [0.15, 0.2) is 0 Å². The summed E-state index contributed by atoms with van der Waals surface area (Å²) < 4.78 is 35.4. The van der Waals surface area contributed by atoms with Crippen LogP contribution in [0, 0.1) is 0 Å². The Morgan fingerprint density at radius 2 is 1.78 bits per heavy atom. The van der Waals surface area contributed by atoms with Crippen LogP contribution in [0.2, 0.25) is 0 Å². The summed E-state index contributed by atoms with van der Waals surface area (Å²) in [6.45, 7) is 8.85. The summed E-state index contributed by atoms with van der Waals surface area (Å²) in [6, 6.07) is 0. The summed E-state index contributed by atoms with van der Waals surface area (Å²) in [4.78, 5) is 12.1. The van der Waals surface area contributed by atoms with Gasteiger partial charge in [0.2, 0.25) is 0 Å². The van der Waals surface area contributed by atoms with Gasteiger partial charge < -0.3 is 13.8 Å². The van der Waals surface area contributed by atoms with E-state index in [4.69, 9.17) is 15.2 Å². The van der Waals surface area contributed by atoms with Gasteiger partial charge in [0.05, 0.1) is 13.2 Å². The van der Waals surface area contributed by atoms with Crippen LogP contribution < -0.4 is 0 Å². The topological polar surface area (TPSA) is 61.8 Å². The molecule has 1 atom stereocenters. The molecule has 0 N–H and O–H groups in total. The number of hydrogen-bond donors (Lipinski definition) is 0. The minimum atomic E-state index is -3.58. The Morgan fingerprint density at radius 3 is 2.11 bits per heavy atom. The fourth-order valence-electron chi connectivity index (χ4n) is 1.35. The van der Waals surface area contributed by atoms with Gasteiger partial charge in [0.1, 0.15) is 5.60 Å². The van der Waals surface area contributed by atoms with Gasteiger partial charge in [0.25, 0.3) is 0 Å². The first-order valence-electron chi connectivity index (χ1n) is 6.81. The van der Waals surface area contributed by atoms with E-state index in [1.165, 1.54) is 0 Å². The second kappa shape index (κ2) is 7.27. The highest BCUT2D eigenvalue weighted by Gasteiger charge is 2.42. The van der Waals surface area contributed by atoms with Gasteiger partial charge in [-0.15, -0.1) is 0 Å². The second-order valence-electron chi connectivity index (χ2n) is 4.71. The first-order valence-corrected chi connectivity index (χ1v) is 7.72. The minimum absolute atomic E-state index is 0.0476. The van der Waals surface area contributed by atoms with Crippen molar-refractivity contribution in [2.24, 2.45) is 0 Å². The van der Waals surface area contributed by atoms with Crippen LogP contribution in [0.4, 0.5) is 0 Å². The maximum absolute atomic E-state index is 12.6. The molecule has 0 radical (unpaired) electrons. The number of carbonyl (C=O) groups is 1. The van der Waals surface area contributed by atoms with E-state index in [1.807, 2.05) is 0 Å². The van der Waals surface area contributed by atoms with Crippen LogP contribution in [-0.4, -0.2) is 30.4 Å². The normalized spacial score (nSPS) is 15.1. The zero-order valence-electron chi connectivity index (χ0n) is 12.9. The molecule has 0 saturated heterocycles. The van der Waals surface area contributed by atoms with Crippen LogP contribution in [0.3, 0.4) is 0 Å². The number of rotatable bonds is 7. The molecule has 0 spiro atoms. The van der Waals surface area contributed by atoms with E-state index < -0.39 is 24.8 Å². The highest BCUT2D eigenvalue weighted by atomic mass is 31.2. The third-order valence-corrected chi connectivity index (χ3v) is 4.42. The van der Waals surface area contributed by atoms with E-state index in [9.17, 15) is 9.36 Å². The Bertz CT molecular complexity index is 317. The van der Waals surface area contributed by atoms with Crippen molar-refractivity contribution < 1.29 is 24.5 Å². The highest BCUT2D eigenvalue weighted by Crippen LogP contribution is 2.54. The zero-order chi connectivity index (χ0) is 15.1. The SMILES string of the molecule is [2H]CCC(C(=O)OC(C)(C)C)P(=O)(OCC)OCC. The van der Waals surface area contributed by atoms with Crippen LogP contribution in [-0.2, 0) is 23.1 Å². The van der Waals surface area contributed by atoms with Crippen molar-refractivity contribution >= 4 is 13.6 Å². The van der Waals surface area contributed by atoms with Crippen molar-refractivity contribution in [3.63, 3.8) is 0 Å². The molecule has 1 unspecified atom stereocenters. The monoisotopic (exact) mass is 281 g/mol. The molecule has 0 amide bonds. The summed E-state index contributed by atoms with van der Waals surface area (Å²) in [6.07, 6.45) is 0.0895. The Kier molecular flexibility index (Phi) is 6.33. The first kappa shape index (κ1) is 15.7. The van der Waals surface area contributed by atoms with E-state index in [2.05, 4.69) is 0 Å². The second-order valence-corrected chi connectivity index (χ2v) is 6.93. The molecule has 0 bridgehead atoms. The van der Waals surface area contributed by atoms with Gasteiger partial charge in [-0.2, -0.15) is 0 Å². The molecule has 0 saturated carbocycles. The Labute approximate surface area is 111 Å². The van der Waals surface area contributed by atoms with Crippen LogP contribution in [0.25, 0.3) is 0 Å². The summed E-state index contributed by atoms with van der Waals surface area (Å²) in [7, 11) is -3.58. The predicted octanol–water partition coefficient (Wildman–Crippen LogP) is 3.37. The van der Waals surface area contributed by atoms with Gasteiger partial charge in [0, 0.05) is 1.37 Å². The average molecular weight is 281 g/mol. The average Bonchev–Trinajstić information content (AvgIpc) is 2.23. The first-order chi connectivity index (χ1) is 8.70. The molecule has 18 heavy (non-hydrogen) atoms. The van der Waals surface area contributed by atoms with E-state index >= 15 is 0 Å². The molecule has 5 nitrogen and oxygen atoms in total. The molecule has 0 aliphatic rings. The van der Waals surface area contributed by atoms with Crippen molar-refractivity contribution in [1.29, 1.82) is 0 Å². The van der Waals surface area contributed by atoms with E-state index in [0.717, 1.165) is 0 Å². The van der Waals surface area contributed by atoms with Crippen molar-refractivity contribution in [2.45, 2.75) is 59.2 Å². The molecular weight excluding hydrogens is 255 g/mol. The molecule has 0 aliphatic heterocycles. The quantitative estimate of drug-likeness (QED) is 0.529. The molecule has 0 aromatic heterocycles. The van der Waals surface area contributed by atoms with Gasteiger partial charge in [-0.3, -0.25) is 9.36 Å². The van der Waals surface area contributed by atoms with Crippen LogP contribution in [0.5, 0.6) is 0 Å². The van der Waals surface area contributed by atoms with Crippen molar-refractivity contribution in [3.8, 4) is 0 Å². The summed E-state index contributed by atoms with van der Waals surface area (Å²) in [5.74, 6) is -0.634. The van der Waals surface area contributed by atoms with Crippen molar-refractivity contribution in [2.75, 3.05) is 13.2 Å². The molecule has 0 aromatic rings. The van der Waals surface area contributed by atoms with E-state index in [1.54, 1.807) is 34.6 Å². The van der Waals surface area contributed by atoms with Gasteiger partial charge in [0.15, 0.2) is 5.66 Å². The van der Waals surface area contributed by atoms with Crippen LogP contribution in [0.1, 0.15) is 49.3 Å². The molecule has 108 valence electrons. The number of carbonyl (C=O) groups excluding carboxylic acids is 1. The lowest BCUT2D eigenvalue weighted by Crippen LogP contribution is -2.32. The summed E-state index contributed by atoms with van der Waals surface area (Å²) in [5, 5.41) is 0. The summed E-state index contributed by atoms with van der Waals surface area (Å²) >= 11 is 0. The smallest absolute Gasteiger partial charge is 0.344 e. The maximum Gasteiger partial charge on any atom is 0.344 e. The summed E-state index contributed by atoms with van der Waals surface area (Å²) in [5.41, 5.74) is -1.72. The maximum atomic E-state index is 12.6. The van der Waals surface area contributed by atoms with E-state index in [-0.39, 0.29) is 26.5 Å². The largest absolute Gasteiger partial charge is 0.459 e. The van der Waals surface area contributed by atoms with Gasteiger partial charge in [-0.1, -0.05) is 6.90 Å². The third kappa shape index (κ3) is 5.51. The molecule has 0 rings (SSSR count). The molecule has 6 heteroatoms. The Hall–Kier alpha value is -0.380. The molecule has 0 aliphatic carbocycles. The lowest BCUT2D eigenvalue weighted by Gasteiger charge is -2.27. The Morgan fingerprint density at radius 1 is 1.28 bits per heavy atom. The van der Waals surface area contributed by atoms with Gasteiger partial charge in [-0.25, -0.2) is 0 Å². The van der Waals surface area contributed by atoms with Gasteiger partial charge >= 0.3 is 13.6 Å². The molecular formula is C12H25O5P. The predicted molar refractivity (Wildman–Crippen MR) is 70.8 cm³/mol. The molecule has 0 aromatic carbocycles. The third-order valence-electron chi connectivity index (χ3n) is 1.95. The van der Waals surface area contributed by atoms with Crippen molar-refractivity contribution in [1.82, 2.24) is 0 Å². The lowest BCUT2D eigenvalue weighted by molar-refractivity contribution is -0.154. The van der Waals surface area contributed by atoms with Gasteiger partial charge in [-0.05, 0) is 41.0 Å². The van der Waals surface area contributed by atoms with Crippen LogP contribution >= 0.6 is 7.60 Å². The lowest BCUT2D eigenvalue weighted by atomic mass is 10.2. The zero-order valence-corrected chi connectivity index (χ0v) is 12.8. The van der Waals surface area contributed by atoms with Crippen molar-refractivity contribution in [3.05, 3.63) is 0 Å². The minimum Gasteiger partial charge on any atom is -0.459 e.